The monoisotopic (exact) mass is 475 g/mol. The molecule has 0 unspecified atom stereocenters. The number of halogens is 1. The van der Waals surface area contributed by atoms with Gasteiger partial charge >= 0.3 is 0 Å². The van der Waals surface area contributed by atoms with Gasteiger partial charge in [-0.1, -0.05) is 18.2 Å². The number of aryl methyl sites for hydroxylation is 2. The number of hydrogen-bond acceptors (Lipinski definition) is 4. The van der Waals surface area contributed by atoms with Gasteiger partial charge in [0, 0.05) is 28.7 Å². The number of rotatable bonds is 5. The highest BCUT2D eigenvalue weighted by atomic mass is 32.2. The lowest BCUT2D eigenvalue weighted by Crippen LogP contribution is -2.15. The van der Waals surface area contributed by atoms with Gasteiger partial charge in [0.2, 0.25) is 0 Å². The Hall–Kier alpha value is -3.91. The maximum absolute atomic E-state index is 14.5. The highest BCUT2D eigenvalue weighted by Gasteiger charge is 2.22. The first-order valence-electron chi connectivity index (χ1n) is 10.6. The maximum Gasteiger partial charge on any atom is 0.268 e. The molecule has 0 fully saturated rings. The van der Waals surface area contributed by atoms with Crippen LogP contribution in [-0.4, -0.2) is 29.1 Å². The van der Waals surface area contributed by atoms with Gasteiger partial charge in [0.05, 0.1) is 17.5 Å². The van der Waals surface area contributed by atoms with E-state index in [2.05, 4.69) is 5.10 Å². The topological polar surface area (TPSA) is 65.6 Å². The molecule has 0 saturated heterocycles. The van der Waals surface area contributed by atoms with Crippen molar-refractivity contribution < 1.29 is 17.5 Å². The molecule has 3 heterocycles. The molecule has 0 aliphatic heterocycles. The van der Waals surface area contributed by atoms with E-state index in [4.69, 9.17) is 4.74 Å². The second-order valence-corrected chi connectivity index (χ2v) is 9.80. The summed E-state index contributed by atoms with van der Waals surface area (Å²) in [5.74, 6) is -0.332. The van der Waals surface area contributed by atoms with Gasteiger partial charge in [-0.05, 0) is 74.0 Å². The Labute approximate surface area is 196 Å². The molecule has 5 aromatic rings. The highest BCUT2D eigenvalue weighted by molar-refractivity contribution is 7.90. The second kappa shape index (κ2) is 8.14. The third-order valence-electron chi connectivity index (χ3n) is 5.85. The van der Waals surface area contributed by atoms with Crippen LogP contribution in [0.2, 0.25) is 0 Å². The molecular formula is C26H22FN3O3S. The molecule has 0 aliphatic rings. The van der Waals surface area contributed by atoms with Gasteiger partial charge in [-0.25, -0.2) is 21.3 Å². The molecule has 6 nitrogen and oxygen atoms in total. The van der Waals surface area contributed by atoms with E-state index in [0.717, 1.165) is 16.6 Å². The van der Waals surface area contributed by atoms with Crippen molar-refractivity contribution in [3.63, 3.8) is 0 Å². The Balaban J connectivity index is 1.65. The lowest BCUT2D eigenvalue weighted by Gasteiger charge is -2.12. The third-order valence-corrected chi connectivity index (χ3v) is 7.78. The van der Waals surface area contributed by atoms with E-state index in [1.807, 2.05) is 24.4 Å². The summed E-state index contributed by atoms with van der Waals surface area (Å²) >= 11 is 0. The Kier molecular flexibility index (Phi) is 5.25. The molecule has 172 valence electrons. The number of hydrogen-bond donors (Lipinski definition) is 0. The van der Waals surface area contributed by atoms with Crippen molar-refractivity contribution in [2.45, 2.75) is 18.7 Å². The van der Waals surface area contributed by atoms with E-state index in [1.165, 1.54) is 17.1 Å². The van der Waals surface area contributed by atoms with Crippen LogP contribution in [0.1, 0.15) is 11.4 Å². The number of aromatic nitrogens is 3. The van der Waals surface area contributed by atoms with E-state index < -0.39 is 15.8 Å². The summed E-state index contributed by atoms with van der Waals surface area (Å²) in [6.07, 6.45) is 1.82. The van der Waals surface area contributed by atoms with Crippen molar-refractivity contribution in [2.24, 2.45) is 0 Å². The normalized spacial score (nSPS) is 11.8. The van der Waals surface area contributed by atoms with Gasteiger partial charge in [0.25, 0.3) is 10.0 Å². The average molecular weight is 476 g/mol. The summed E-state index contributed by atoms with van der Waals surface area (Å²) in [7, 11) is -2.31. The average Bonchev–Trinajstić information content (AvgIpc) is 3.39. The van der Waals surface area contributed by atoms with Crippen molar-refractivity contribution in [3.05, 3.63) is 96.2 Å². The van der Waals surface area contributed by atoms with Crippen LogP contribution in [0, 0.1) is 19.7 Å². The number of ether oxygens (including phenoxy) is 1. The van der Waals surface area contributed by atoms with Crippen molar-refractivity contribution in [3.8, 4) is 28.1 Å². The minimum absolute atomic E-state index is 0.152. The number of pyridine rings is 1. The summed E-state index contributed by atoms with van der Waals surface area (Å²) in [5, 5.41) is 4.68. The summed E-state index contributed by atoms with van der Waals surface area (Å²) < 4.78 is 49.0. The van der Waals surface area contributed by atoms with E-state index in [0.29, 0.717) is 22.6 Å². The van der Waals surface area contributed by atoms with Crippen LogP contribution < -0.4 is 4.74 Å². The van der Waals surface area contributed by atoms with Gasteiger partial charge in [-0.3, -0.25) is 0 Å². The molecule has 0 N–H and O–H groups in total. The van der Waals surface area contributed by atoms with E-state index >= 15 is 0 Å². The maximum atomic E-state index is 14.5. The molecular weight excluding hydrogens is 453 g/mol. The summed E-state index contributed by atoms with van der Waals surface area (Å²) in [5.41, 5.74) is 4.84. The number of nitrogens with zero attached hydrogens (tertiary/aromatic N) is 3. The van der Waals surface area contributed by atoms with E-state index in [1.54, 1.807) is 66.9 Å². The van der Waals surface area contributed by atoms with Crippen LogP contribution in [0.4, 0.5) is 4.39 Å². The molecule has 0 amide bonds. The van der Waals surface area contributed by atoms with Gasteiger partial charge in [0.1, 0.15) is 5.69 Å². The van der Waals surface area contributed by atoms with Gasteiger partial charge in [0.15, 0.2) is 11.6 Å². The van der Waals surface area contributed by atoms with Crippen LogP contribution in [0.3, 0.4) is 0 Å². The standard InChI is InChI=1S/C26H22FN3O3S/c1-17-7-8-18(2)30(17)34(31,32)21-12-9-19(10-13-21)25-23-6-4-5-15-29(23)28-26(25)20-11-14-24(33-3)22(27)16-20/h4-16H,1-3H3. The predicted octanol–water partition coefficient (Wildman–Crippen LogP) is 5.47. The fourth-order valence-electron chi connectivity index (χ4n) is 4.23. The lowest BCUT2D eigenvalue weighted by molar-refractivity contribution is 0.386. The first-order valence-corrected chi connectivity index (χ1v) is 12.1. The van der Waals surface area contributed by atoms with E-state index in [9.17, 15) is 12.8 Å². The van der Waals surface area contributed by atoms with Crippen LogP contribution in [0.5, 0.6) is 5.75 Å². The largest absolute Gasteiger partial charge is 0.494 e. The van der Waals surface area contributed by atoms with Crippen molar-refractivity contribution in [2.75, 3.05) is 7.11 Å². The van der Waals surface area contributed by atoms with Crippen LogP contribution in [-0.2, 0) is 10.0 Å². The minimum Gasteiger partial charge on any atom is -0.494 e. The third kappa shape index (κ3) is 3.47. The van der Waals surface area contributed by atoms with E-state index in [-0.39, 0.29) is 10.6 Å². The molecule has 2 aromatic carbocycles. The summed E-state index contributed by atoms with van der Waals surface area (Å²) in [6.45, 7) is 3.52. The van der Waals surface area contributed by atoms with Crippen molar-refractivity contribution in [1.82, 2.24) is 13.6 Å². The van der Waals surface area contributed by atoms with Crippen molar-refractivity contribution in [1.29, 1.82) is 0 Å². The quantitative estimate of drug-likeness (QED) is 0.338. The van der Waals surface area contributed by atoms with Gasteiger partial charge in [-0.15, -0.1) is 0 Å². The zero-order valence-electron chi connectivity index (χ0n) is 18.9. The first kappa shape index (κ1) is 21.9. The summed E-state index contributed by atoms with van der Waals surface area (Å²) in [6, 6.07) is 20.6. The number of fused-ring (bicyclic) bond motifs is 1. The van der Waals surface area contributed by atoms with Gasteiger partial charge in [-0.2, -0.15) is 5.10 Å². The zero-order chi connectivity index (χ0) is 24.0. The number of methoxy groups -OCH3 is 1. The molecule has 3 aromatic heterocycles. The van der Waals surface area contributed by atoms with Gasteiger partial charge < -0.3 is 4.74 Å². The molecule has 5 rings (SSSR count). The number of benzene rings is 2. The first-order chi connectivity index (χ1) is 16.3. The van der Waals surface area contributed by atoms with Crippen LogP contribution in [0.25, 0.3) is 27.9 Å². The molecule has 0 radical (unpaired) electrons. The predicted molar refractivity (Wildman–Crippen MR) is 129 cm³/mol. The van der Waals surface area contributed by atoms with Crippen LogP contribution in [0.15, 0.2) is 83.9 Å². The Bertz CT molecular complexity index is 1610. The molecule has 0 bridgehead atoms. The zero-order valence-corrected chi connectivity index (χ0v) is 19.7. The Morgan fingerprint density at radius 1 is 0.882 bits per heavy atom. The smallest absolute Gasteiger partial charge is 0.268 e. The molecule has 0 aliphatic carbocycles. The SMILES string of the molecule is COc1ccc(-c2nn3ccccc3c2-c2ccc(S(=O)(=O)n3c(C)ccc3C)cc2)cc1F. The van der Waals surface area contributed by atoms with Crippen molar-refractivity contribution >= 4 is 15.5 Å². The molecule has 0 atom stereocenters. The second-order valence-electron chi connectivity index (χ2n) is 8.01. The lowest BCUT2D eigenvalue weighted by atomic mass is 9.99. The fourth-order valence-corrected chi connectivity index (χ4v) is 5.80. The Morgan fingerprint density at radius 2 is 1.56 bits per heavy atom. The summed E-state index contributed by atoms with van der Waals surface area (Å²) in [4.78, 5) is 0.187. The highest BCUT2D eigenvalue weighted by Crippen LogP contribution is 2.37. The van der Waals surface area contributed by atoms with Crippen LogP contribution >= 0.6 is 0 Å². The Morgan fingerprint density at radius 3 is 2.21 bits per heavy atom. The minimum atomic E-state index is -3.73. The molecule has 0 saturated carbocycles. The molecule has 34 heavy (non-hydrogen) atoms. The molecule has 8 heteroatoms. The molecule has 0 spiro atoms. The fraction of sp³-hybridized carbons (Fsp3) is 0.115.